The van der Waals surface area contributed by atoms with Crippen molar-refractivity contribution in [2.24, 2.45) is 0 Å². The molecule has 2 heterocycles. The molecule has 1 fully saturated rings. The van der Waals surface area contributed by atoms with Gasteiger partial charge in [-0.05, 0) is 37.1 Å². The Hall–Kier alpha value is -2.34. The van der Waals surface area contributed by atoms with Gasteiger partial charge in [-0.15, -0.1) is 0 Å². The van der Waals surface area contributed by atoms with E-state index >= 15 is 0 Å². The van der Waals surface area contributed by atoms with Crippen LogP contribution in [0, 0.1) is 0 Å². The Morgan fingerprint density at radius 3 is 3.05 bits per heavy atom. The lowest BCUT2D eigenvalue weighted by atomic mass is 9.97. The molecule has 1 aliphatic rings. The number of nitrogen functional groups attached to an aromatic ring is 1. The standard InChI is InChI=1S/C15H18N4O2/c16-13-14(20)18-9-19-15(13)21-11-5-3-4-10(8-11)12-6-1-2-7-17-12/h3-5,8-9,12,17H,1-2,6-7,16H2,(H,18,19,20). The Morgan fingerprint density at radius 2 is 2.24 bits per heavy atom. The number of benzene rings is 1. The van der Waals surface area contributed by atoms with Gasteiger partial charge < -0.3 is 20.8 Å². The van der Waals surface area contributed by atoms with Gasteiger partial charge in [0.05, 0.1) is 6.33 Å². The zero-order chi connectivity index (χ0) is 14.7. The van der Waals surface area contributed by atoms with Crippen molar-refractivity contribution in [1.82, 2.24) is 15.3 Å². The van der Waals surface area contributed by atoms with E-state index in [0.29, 0.717) is 11.8 Å². The number of ether oxygens (including phenoxy) is 1. The quantitative estimate of drug-likeness (QED) is 0.802. The fraction of sp³-hybridized carbons (Fsp3) is 0.333. The molecule has 1 unspecified atom stereocenters. The lowest BCUT2D eigenvalue weighted by Gasteiger charge is -2.24. The van der Waals surface area contributed by atoms with Gasteiger partial charge in [0.15, 0.2) is 5.69 Å². The second-order valence-electron chi connectivity index (χ2n) is 5.13. The van der Waals surface area contributed by atoms with Gasteiger partial charge in [0.1, 0.15) is 5.75 Å². The molecule has 2 aromatic rings. The maximum atomic E-state index is 11.4. The molecule has 0 saturated carbocycles. The molecule has 3 rings (SSSR count). The molecule has 0 radical (unpaired) electrons. The van der Waals surface area contributed by atoms with E-state index in [2.05, 4.69) is 21.4 Å². The third-order valence-electron chi connectivity index (χ3n) is 3.64. The molecule has 1 saturated heterocycles. The maximum absolute atomic E-state index is 11.4. The third-order valence-corrected chi connectivity index (χ3v) is 3.64. The number of piperidine rings is 1. The summed E-state index contributed by atoms with van der Waals surface area (Å²) >= 11 is 0. The molecule has 6 heteroatoms. The third kappa shape index (κ3) is 3.05. The fourth-order valence-electron chi connectivity index (χ4n) is 2.52. The highest BCUT2D eigenvalue weighted by atomic mass is 16.5. The average molecular weight is 286 g/mol. The van der Waals surface area contributed by atoms with Crippen LogP contribution in [-0.4, -0.2) is 16.5 Å². The highest BCUT2D eigenvalue weighted by molar-refractivity contribution is 5.47. The molecule has 110 valence electrons. The monoisotopic (exact) mass is 286 g/mol. The number of hydrogen-bond donors (Lipinski definition) is 3. The Bertz CT molecular complexity index is 677. The van der Waals surface area contributed by atoms with Gasteiger partial charge in [0, 0.05) is 6.04 Å². The molecule has 6 nitrogen and oxygen atoms in total. The summed E-state index contributed by atoms with van der Waals surface area (Å²) in [5.41, 5.74) is 6.43. The highest BCUT2D eigenvalue weighted by Crippen LogP contribution is 2.28. The van der Waals surface area contributed by atoms with Crippen molar-refractivity contribution >= 4 is 5.69 Å². The normalized spacial score (nSPS) is 18.4. The van der Waals surface area contributed by atoms with Crippen LogP contribution in [0.1, 0.15) is 30.9 Å². The Kier molecular flexibility index (Phi) is 3.87. The van der Waals surface area contributed by atoms with E-state index in [1.807, 2.05) is 18.2 Å². The molecule has 21 heavy (non-hydrogen) atoms. The number of hydrogen-bond acceptors (Lipinski definition) is 5. The van der Waals surface area contributed by atoms with E-state index < -0.39 is 5.56 Å². The smallest absolute Gasteiger partial charge is 0.277 e. The van der Waals surface area contributed by atoms with E-state index in [1.165, 1.54) is 24.7 Å². The number of nitrogens with two attached hydrogens (primary N) is 1. The lowest BCUT2D eigenvalue weighted by molar-refractivity contribution is 0.409. The molecule has 4 N–H and O–H groups in total. The molecule has 0 aliphatic carbocycles. The minimum absolute atomic E-state index is 0.0151. The highest BCUT2D eigenvalue weighted by Gasteiger charge is 2.15. The SMILES string of the molecule is Nc1c(Oc2cccc(C3CCCCN3)c2)nc[nH]c1=O. The summed E-state index contributed by atoms with van der Waals surface area (Å²) in [6, 6.07) is 8.15. The maximum Gasteiger partial charge on any atom is 0.277 e. The van der Waals surface area contributed by atoms with Gasteiger partial charge in [-0.25, -0.2) is 4.98 Å². The summed E-state index contributed by atoms with van der Waals surface area (Å²) in [5, 5.41) is 3.50. The number of anilines is 1. The van der Waals surface area contributed by atoms with Crippen molar-refractivity contribution in [3.8, 4) is 11.6 Å². The molecule has 1 aromatic heterocycles. The molecule has 0 bridgehead atoms. The van der Waals surface area contributed by atoms with Crippen LogP contribution in [0.5, 0.6) is 11.6 Å². The predicted molar refractivity (Wildman–Crippen MR) is 80.4 cm³/mol. The van der Waals surface area contributed by atoms with Crippen LogP contribution in [-0.2, 0) is 0 Å². The number of H-pyrrole nitrogens is 1. The van der Waals surface area contributed by atoms with Crippen LogP contribution in [0.2, 0.25) is 0 Å². The van der Waals surface area contributed by atoms with Crippen LogP contribution in [0.15, 0.2) is 35.4 Å². The fourth-order valence-corrected chi connectivity index (χ4v) is 2.52. The second-order valence-corrected chi connectivity index (χ2v) is 5.13. The van der Waals surface area contributed by atoms with Crippen LogP contribution in [0.25, 0.3) is 0 Å². The van der Waals surface area contributed by atoms with Crippen LogP contribution in [0.3, 0.4) is 0 Å². The summed E-state index contributed by atoms with van der Waals surface area (Å²) in [7, 11) is 0. The Balaban J connectivity index is 1.82. The number of aromatic amines is 1. The Labute approximate surface area is 122 Å². The van der Waals surface area contributed by atoms with Crippen molar-refractivity contribution in [1.29, 1.82) is 0 Å². The zero-order valence-electron chi connectivity index (χ0n) is 11.6. The second kappa shape index (κ2) is 5.97. The van der Waals surface area contributed by atoms with E-state index in [1.54, 1.807) is 0 Å². The predicted octanol–water partition coefficient (Wildman–Crippen LogP) is 1.96. The first-order valence-corrected chi connectivity index (χ1v) is 7.08. The van der Waals surface area contributed by atoms with E-state index in [-0.39, 0.29) is 11.6 Å². The minimum atomic E-state index is -0.398. The number of nitrogens with one attached hydrogen (secondary N) is 2. The van der Waals surface area contributed by atoms with Crippen molar-refractivity contribution in [2.75, 3.05) is 12.3 Å². The molecule has 1 atom stereocenters. The summed E-state index contributed by atoms with van der Waals surface area (Å²) in [6.45, 7) is 1.04. The summed E-state index contributed by atoms with van der Waals surface area (Å²) in [5.74, 6) is 0.761. The first kappa shape index (κ1) is 13.6. The van der Waals surface area contributed by atoms with E-state index in [4.69, 9.17) is 10.5 Å². The van der Waals surface area contributed by atoms with Gasteiger partial charge in [0.2, 0.25) is 5.88 Å². The largest absolute Gasteiger partial charge is 0.437 e. The van der Waals surface area contributed by atoms with Gasteiger partial charge >= 0.3 is 0 Å². The molecule has 1 aromatic carbocycles. The van der Waals surface area contributed by atoms with Gasteiger partial charge in [0.25, 0.3) is 5.56 Å². The summed E-state index contributed by atoms with van der Waals surface area (Å²) in [4.78, 5) is 17.8. The van der Waals surface area contributed by atoms with Gasteiger partial charge in [-0.2, -0.15) is 0 Å². The van der Waals surface area contributed by atoms with Crippen LogP contribution < -0.4 is 21.3 Å². The number of nitrogens with zero attached hydrogens (tertiary/aromatic N) is 1. The molecule has 0 spiro atoms. The average Bonchev–Trinajstić information content (AvgIpc) is 2.53. The van der Waals surface area contributed by atoms with Crippen molar-refractivity contribution in [3.63, 3.8) is 0 Å². The van der Waals surface area contributed by atoms with Crippen LogP contribution >= 0.6 is 0 Å². The summed E-state index contributed by atoms with van der Waals surface area (Å²) < 4.78 is 5.64. The number of aromatic nitrogens is 2. The van der Waals surface area contributed by atoms with E-state index in [0.717, 1.165) is 13.0 Å². The van der Waals surface area contributed by atoms with Crippen molar-refractivity contribution < 1.29 is 4.74 Å². The van der Waals surface area contributed by atoms with Gasteiger partial charge in [-0.1, -0.05) is 18.6 Å². The first-order chi connectivity index (χ1) is 10.2. The lowest BCUT2D eigenvalue weighted by Crippen LogP contribution is -2.26. The molecule has 0 amide bonds. The first-order valence-electron chi connectivity index (χ1n) is 7.08. The minimum Gasteiger partial charge on any atom is -0.437 e. The van der Waals surface area contributed by atoms with Crippen molar-refractivity contribution in [3.05, 3.63) is 46.5 Å². The van der Waals surface area contributed by atoms with E-state index in [9.17, 15) is 4.79 Å². The van der Waals surface area contributed by atoms with Gasteiger partial charge in [-0.3, -0.25) is 4.79 Å². The zero-order valence-corrected chi connectivity index (χ0v) is 11.6. The summed E-state index contributed by atoms with van der Waals surface area (Å²) in [6.07, 6.45) is 4.85. The number of rotatable bonds is 3. The molecular formula is C15H18N4O2. The topological polar surface area (TPSA) is 93.0 Å². The van der Waals surface area contributed by atoms with Crippen LogP contribution in [0.4, 0.5) is 5.69 Å². The molecular weight excluding hydrogens is 268 g/mol. The molecule has 1 aliphatic heterocycles. The van der Waals surface area contributed by atoms with Crippen molar-refractivity contribution in [2.45, 2.75) is 25.3 Å². The Morgan fingerprint density at radius 1 is 1.33 bits per heavy atom.